The van der Waals surface area contributed by atoms with Gasteiger partial charge in [0.2, 0.25) is 0 Å². The number of carbonyl (C=O) groups is 2. The van der Waals surface area contributed by atoms with Crippen molar-refractivity contribution < 1.29 is 24.0 Å². The number of aldehydes is 1. The molecule has 1 aromatic rings. The Labute approximate surface area is 115 Å². The molecule has 0 aliphatic rings. The molecular weight excluding hydrogens is 266 g/mol. The van der Waals surface area contributed by atoms with Crippen LogP contribution in [0.25, 0.3) is 0 Å². The molecule has 1 atom stereocenters. The van der Waals surface area contributed by atoms with Crippen molar-refractivity contribution in [2.24, 2.45) is 0 Å². The van der Waals surface area contributed by atoms with Crippen molar-refractivity contribution in [3.05, 3.63) is 27.8 Å². The maximum absolute atomic E-state index is 11.5. The lowest BCUT2D eigenvalue weighted by molar-refractivity contribution is -0.385. The molecule has 0 heterocycles. The predicted octanol–water partition coefficient (Wildman–Crippen LogP) is 2.16. The van der Waals surface area contributed by atoms with Gasteiger partial charge in [0.1, 0.15) is 0 Å². The first-order valence-corrected chi connectivity index (χ1v) is 5.95. The number of nitrogens with zero attached hydrogens (tertiary/aromatic N) is 1. The SMILES string of the molecule is CCC(=O)C(C)Oc1cc([N+](=O)[O-])c(C=O)cc1OC. The summed E-state index contributed by atoms with van der Waals surface area (Å²) in [6.07, 6.45) is -0.0983. The fourth-order valence-electron chi connectivity index (χ4n) is 1.61. The molecule has 7 heteroatoms. The first-order valence-electron chi connectivity index (χ1n) is 5.95. The monoisotopic (exact) mass is 281 g/mol. The molecule has 1 rings (SSSR count). The number of carbonyl (C=O) groups excluding carboxylic acids is 2. The molecule has 0 amide bonds. The Hall–Kier alpha value is -2.44. The number of nitro groups is 1. The third-order valence-corrected chi connectivity index (χ3v) is 2.74. The van der Waals surface area contributed by atoms with Crippen LogP contribution in [0.15, 0.2) is 12.1 Å². The van der Waals surface area contributed by atoms with Crippen molar-refractivity contribution in [2.75, 3.05) is 7.11 Å². The van der Waals surface area contributed by atoms with Crippen LogP contribution in [0.4, 0.5) is 5.69 Å². The number of ether oxygens (including phenoxy) is 2. The predicted molar refractivity (Wildman–Crippen MR) is 70.4 cm³/mol. The number of methoxy groups -OCH3 is 1. The number of nitro benzene ring substituents is 1. The third kappa shape index (κ3) is 3.31. The Morgan fingerprint density at radius 3 is 2.55 bits per heavy atom. The molecule has 0 aliphatic carbocycles. The molecule has 0 bridgehead atoms. The minimum absolute atomic E-state index is 0.0547. The number of benzene rings is 1. The van der Waals surface area contributed by atoms with Crippen LogP contribution in [-0.4, -0.2) is 30.2 Å². The standard InChI is InChI=1S/C13H15NO6/c1-4-11(16)8(2)20-13-6-10(14(17)18)9(7-15)5-12(13)19-3/h5-8H,4H2,1-3H3. The first-order chi connectivity index (χ1) is 9.44. The summed E-state index contributed by atoms with van der Waals surface area (Å²) in [7, 11) is 1.34. The van der Waals surface area contributed by atoms with E-state index in [1.807, 2.05) is 0 Å². The maximum atomic E-state index is 11.5. The van der Waals surface area contributed by atoms with Gasteiger partial charge in [-0.2, -0.15) is 0 Å². The average molecular weight is 281 g/mol. The van der Waals surface area contributed by atoms with E-state index in [9.17, 15) is 19.7 Å². The van der Waals surface area contributed by atoms with Gasteiger partial charge in [-0.15, -0.1) is 0 Å². The third-order valence-electron chi connectivity index (χ3n) is 2.74. The van der Waals surface area contributed by atoms with Gasteiger partial charge < -0.3 is 9.47 Å². The van der Waals surface area contributed by atoms with E-state index in [1.165, 1.54) is 13.2 Å². The molecule has 0 N–H and O–H groups in total. The molecule has 7 nitrogen and oxygen atoms in total. The van der Waals surface area contributed by atoms with Crippen LogP contribution < -0.4 is 9.47 Å². The normalized spacial score (nSPS) is 11.6. The summed E-state index contributed by atoms with van der Waals surface area (Å²) in [4.78, 5) is 32.5. The zero-order valence-electron chi connectivity index (χ0n) is 11.4. The molecule has 0 spiro atoms. The molecule has 108 valence electrons. The van der Waals surface area contributed by atoms with Gasteiger partial charge in [-0.3, -0.25) is 19.7 Å². The van der Waals surface area contributed by atoms with Crippen LogP contribution in [-0.2, 0) is 4.79 Å². The highest BCUT2D eigenvalue weighted by atomic mass is 16.6. The highest BCUT2D eigenvalue weighted by Crippen LogP contribution is 2.34. The minimum atomic E-state index is -0.754. The Bertz CT molecular complexity index is 540. The fourth-order valence-corrected chi connectivity index (χ4v) is 1.61. The largest absolute Gasteiger partial charge is 0.493 e. The van der Waals surface area contributed by atoms with Crippen molar-refractivity contribution in [3.8, 4) is 11.5 Å². The molecule has 0 radical (unpaired) electrons. The van der Waals surface area contributed by atoms with Crippen LogP contribution in [0.2, 0.25) is 0 Å². The van der Waals surface area contributed by atoms with E-state index >= 15 is 0 Å². The zero-order valence-corrected chi connectivity index (χ0v) is 11.4. The zero-order chi connectivity index (χ0) is 15.3. The molecule has 1 unspecified atom stereocenters. The summed E-state index contributed by atoms with van der Waals surface area (Å²) in [5, 5.41) is 10.9. The Balaban J connectivity index is 3.24. The van der Waals surface area contributed by atoms with Crippen LogP contribution in [0.1, 0.15) is 30.6 Å². The van der Waals surface area contributed by atoms with E-state index in [-0.39, 0.29) is 29.3 Å². The van der Waals surface area contributed by atoms with Crippen LogP contribution in [0, 0.1) is 10.1 Å². The van der Waals surface area contributed by atoms with Gasteiger partial charge in [0.05, 0.1) is 23.7 Å². The summed E-state index contributed by atoms with van der Waals surface area (Å²) >= 11 is 0. The summed E-state index contributed by atoms with van der Waals surface area (Å²) in [5.74, 6) is 0.0710. The summed E-state index contributed by atoms with van der Waals surface area (Å²) in [6, 6.07) is 2.30. The van der Waals surface area contributed by atoms with Crippen LogP contribution in [0.3, 0.4) is 0 Å². The molecule has 0 saturated heterocycles. The molecule has 1 aromatic carbocycles. The molecule has 0 fully saturated rings. The second-order valence-corrected chi connectivity index (χ2v) is 4.02. The number of hydrogen-bond donors (Lipinski definition) is 0. The van der Waals surface area contributed by atoms with Gasteiger partial charge in [-0.1, -0.05) is 6.92 Å². The van der Waals surface area contributed by atoms with Crippen molar-refractivity contribution in [1.82, 2.24) is 0 Å². The van der Waals surface area contributed by atoms with E-state index in [0.717, 1.165) is 6.07 Å². The van der Waals surface area contributed by atoms with E-state index in [2.05, 4.69) is 0 Å². The van der Waals surface area contributed by atoms with E-state index in [4.69, 9.17) is 9.47 Å². The average Bonchev–Trinajstić information content (AvgIpc) is 2.45. The van der Waals surface area contributed by atoms with Crippen molar-refractivity contribution in [1.29, 1.82) is 0 Å². The quantitative estimate of drug-likeness (QED) is 0.431. The fraction of sp³-hybridized carbons (Fsp3) is 0.385. The van der Waals surface area contributed by atoms with Gasteiger partial charge in [0, 0.05) is 12.5 Å². The topological polar surface area (TPSA) is 95.7 Å². The highest BCUT2D eigenvalue weighted by Gasteiger charge is 2.22. The molecule has 0 aromatic heterocycles. The minimum Gasteiger partial charge on any atom is -0.493 e. The number of hydrogen-bond acceptors (Lipinski definition) is 6. The first kappa shape index (κ1) is 15.6. The van der Waals surface area contributed by atoms with Gasteiger partial charge >= 0.3 is 0 Å². The Morgan fingerprint density at radius 1 is 1.45 bits per heavy atom. The molecule has 20 heavy (non-hydrogen) atoms. The van der Waals surface area contributed by atoms with Crippen LogP contribution >= 0.6 is 0 Å². The molecule has 0 aliphatic heterocycles. The molecular formula is C13H15NO6. The lowest BCUT2D eigenvalue weighted by Gasteiger charge is -2.15. The van der Waals surface area contributed by atoms with Crippen molar-refractivity contribution >= 4 is 17.8 Å². The van der Waals surface area contributed by atoms with E-state index in [0.29, 0.717) is 6.29 Å². The van der Waals surface area contributed by atoms with Gasteiger partial charge in [-0.05, 0) is 6.92 Å². The molecule has 0 saturated carbocycles. The Morgan fingerprint density at radius 2 is 2.10 bits per heavy atom. The lowest BCUT2D eigenvalue weighted by atomic mass is 10.1. The second-order valence-electron chi connectivity index (χ2n) is 4.02. The van der Waals surface area contributed by atoms with Gasteiger partial charge in [-0.25, -0.2) is 0 Å². The smallest absolute Gasteiger partial charge is 0.283 e. The van der Waals surface area contributed by atoms with Gasteiger partial charge in [0.15, 0.2) is 29.7 Å². The second kappa shape index (κ2) is 6.65. The number of Topliss-reactive ketones (excluding diaryl/α,β-unsaturated/α-hetero) is 1. The summed E-state index contributed by atoms with van der Waals surface area (Å²) in [5.41, 5.74) is -0.513. The lowest BCUT2D eigenvalue weighted by Crippen LogP contribution is -2.23. The van der Waals surface area contributed by atoms with E-state index in [1.54, 1.807) is 13.8 Å². The van der Waals surface area contributed by atoms with E-state index < -0.39 is 16.7 Å². The van der Waals surface area contributed by atoms with Crippen LogP contribution in [0.5, 0.6) is 11.5 Å². The summed E-state index contributed by atoms with van der Waals surface area (Å²) < 4.78 is 10.4. The number of rotatable bonds is 7. The maximum Gasteiger partial charge on any atom is 0.283 e. The van der Waals surface area contributed by atoms with Crippen molar-refractivity contribution in [2.45, 2.75) is 26.4 Å². The van der Waals surface area contributed by atoms with Crippen molar-refractivity contribution in [3.63, 3.8) is 0 Å². The highest BCUT2D eigenvalue weighted by molar-refractivity contribution is 5.84. The number of ketones is 1. The van der Waals surface area contributed by atoms with Gasteiger partial charge in [0.25, 0.3) is 5.69 Å². The Kier molecular flexibility index (Phi) is 5.19. The summed E-state index contributed by atoms with van der Waals surface area (Å²) in [6.45, 7) is 3.24.